The van der Waals surface area contributed by atoms with Crippen molar-refractivity contribution in [2.45, 2.75) is 13.8 Å². The molecule has 2 aromatic rings. The fraction of sp³-hybridized carbons (Fsp3) is 0.421. The molecule has 6 nitrogen and oxygen atoms in total. The average molecular weight is 336 g/mol. The van der Waals surface area contributed by atoms with Crippen LogP contribution in [0.2, 0.25) is 0 Å². The third-order valence-electron chi connectivity index (χ3n) is 4.53. The Morgan fingerprint density at radius 2 is 1.68 bits per heavy atom. The first kappa shape index (κ1) is 17.0. The van der Waals surface area contributed by atoms with Crippen LogP contribution >= 0.6 is 0 Å². The summed E-state index contributed by atoms with van der Waals surface area (Å²) >= 11 is 0. The molecule has 0 atom stereocenters. The minimum absolute atomic E-state index is 0.745. The van der Waals surface area contributed by atoms with Gasteiger partial charge in [-0.3, -0.25) is 0 Å². The first-order chi connectivity index (χ1) is 12.0. The number of nitrogens with zero attached hydrogens (tertiary/aromatic N) is 6. The molecular weight excluding hydrogens is 312 g/mol. The molecule has 0 N–H and O–H groups in total. The molecule has 1 aliphatic heterocycles. The van der Waals surface area contributed by atoms with Crippen molar-refractivity contribution in [1.29, 1.82) is 5.26 Å². The summed E-state index contributed by atoms with van der Waals surface area (Å²) in [5, 5.41) is 9.08. The number of benzene rings is 1. The fourth-order valence-corrected chi connectivity index (χ4v) is 3.06. The highest BCUT2D eigenvalue weighted by Crippen LogP contribution is 2.23. The van der Waals surface area contributed by atoms with Crippen molar-refractivity contribution in [3.63, 3.8) is 0 Å². The lowest BCUT2D eigenvalue weighted by Crippen LogP contribution is -2.47. The number of hydrogen-bond donors (Lipinski definition) is 0. The first-order valence-corrected chi connectivity index (χ1v) is 8.51. The van der Waals surface area contributed by atoms with E-state index in [9.17, 15) is 0 Å². The van der Waals surface area contributed by atoms with Crippen LogP contribution in [0.5, 0.6) is 0 Å². The summed E-state index contributed by atoms with van der Waals surface area (Å²) in [6.45, 7) is 7.71. The Hall–Kier alpha value is -2.81. The zero-order chi connectivity index (χ0) is 18.0. The number of anilines is 3. The molecule has 0 aliphatic carbocycles. The van der Waals surface area contributed by atoms with Crippen molar-refractivity contribution < 1.29 is 0 Å². The third kappa shape index (κ3) is 3.66. The lowest BCUT2D eigenvalue weighted by molar-refractivity contribution is 0.646. The van der Waals surface area contributed by atoms with Crippen molar-refractivity contribution in [2.24, 2.45) is 0 Å². The smallest absolute Gasteiger partial charge is 0.226 e. The molecule has 0 radical (unpaired) electrons. The largest absolute Gasteiger partial charge is 0.368 e. The molecule has 1 fully saturated rings. The van der Waals surface area contributed by atoms with Gasteiger partial charge in [0.05, 0.1) is 11.6 Å². The van der Waals surface area contributed by atoms with E-state index < -0.39 is 0 Å². The molecule has 1 aliphatic rings. The van der Waals surface area contributed by atoms with Crippen molar-refractivity contribution >= 4 is 17.5 Å². The van der Waals surface area contributed by atoms with Crippen LogP contribution in [0.15, 0.2) is 24.3 Å². The standard InChI is InChI=1S/C19H24N6/c1-14-11-17(6-5-16(14)13-20)24-7-9-25(10-8-24)18-12-15(2)21-19(22-18)23(3)4/h5-6,11-12H,7-10H2,1-4H3. The topological polar surface area (TPSA) is 59.3 Å². The normalized spacial score (nSPS) is 14.4. The number of piperazine rings is 1. The summed E-state index contributed by atoms with van der Waals surface area (Å²) in [5.41, 5.74) is 3.95. The Bertz CT molecular complexity index is 800. The van der Waals surface area contributed by atoms with Crippen LogP contribution in [0, 0.1) is 25.2 Å². The SMILES string of the molecule is Cc1cc(N2CCN(c3ccc(C#N)c(C)c3)CC2)nc(N(C)C)n1. The number of rotatable bonds is 3. The van der Waals surface area contributed by atoms with Crippen LogP contribution in [-0.2, 0) is 0 Å². The minimum Gasteiger partial charge on any atom is -0.368 e. The lowest BCUT2D eigenvalue weighted by atomic mass is 10.1. The second-order valence-corrected chi connectivity index (χ2v) is 6.65. The predicted octanol–water partition coefficient (Wildman–Crippen LogP) is 2.36. The number of aromatic nitrogens is 2. The van der Waals surface area contributed by atoms with E-state index in [0.29, 0.717) is 0 Å². The second kappa shape index (κ2) is 6.98. The summed E-state index contributed by atoms with van der Waals surface area (Å²) in [7, 11) is 3.92. The van der Waals surface area contributed by atoms with Gasteiger partial charge in [0.25, 0.3) is 0 Å². The van der Waals surface area contributed by atoms with E-state index in [-0.39, 0.29) is 0 Å². The van der Waals surface area contributed by atoms with Crippen molar-refractivity contribution in [2.75, 3.05) is 55.0 Å². The maximum absolute atomic E-state index is 9.08. The lowest BCUT2D eigenvalue weighted by Gasteiger charge is -2.37. The Morgan fingerprint density at radius 1 is 1.00 bits per heavy atom. The van der Waals surface area contributed by atoms with Crippen LogP contribution in [0.4, 0.5) is 17.5 Å². The zero-order valence-corrected chi connectivity index (χ0v) is 15.3. The molecule has 0 bridgehead atoms. The van der Waals surface area contributed by atoms with Gasteiger partial charge in [0.2, 0.25) is 5.95 Å². The highest BCUT2D eigenvalue weighted by Gasteiger charge is 2.20. The molecule has 25 heavy (non-hydrogen) atoms. The van der Waals surface area contributed by atoms with Gasteiger partial charge in [-0.05, 0) is 37.6 Å². The Kier molecular flexibility index (Phi) is 4.75. The van der Waals surface area contributed by atoms with Gasteiger partial charge in [-0.1, -0.05) is 0 Å². The van der Waals surface area contributed by atoms with Gasteiger partial charge in [-0.25, -0.2) is 4.98 Å². The van der Waals surface area contributed by atoms with Gasteiger partial charge in [-0.2, -0.15) is 10.2 Å². The molecule has 130 valence electrons. The van der Waals surface area contributed by atoms with Gasteiger partial charge in [0.1, 0.15) is 5.82 Å². The van der Waals surface area contributed by atoms with Gasteiger partial charge in [0.15, 0.2) is 0 Å². The summed E-state index contributed by atoms with van der Waals surface area (Å²) < 4.78 is 0. The molecule has 1 aromatic carbocycles. The number of hydrogen-bond acceptors (Lipinski definition) is 6. The van der Waals surface area contributed by atoms with E-state index in [1.165, 1.54) is 5.69 Å². The van der Waals surface area contributed by atoms with Crippen LogP contribution in [-0.4, -0.2) is 50.2 Å². The quantitative estimate of drug-likeness (QED) is 0.857. The van der Waals surface area contributed by atoms with E-state index in [0.717, 1.165) is 54.8 Å². The van der Waals surface area contributed by atoms with E-state index >= 15 is 0 Å². The fourth-order valence-electron chi connectivity index (χ4n) is 3.06. The molecule has 1 saturated heterocycles. The monoisotopic (exact) mass is 336 g/mol. The van der Waals surface area contributed by atoms with Crippen LogP contribution < -0.4 is 14.7 Å². The summed E-state index contributed by atoms with van der Waals surface area (Å²) in [4.78, 5) is 15.8. The molecule has 0 amide bonds. The van der Waals surface area contributed by atoms with E-state index in [1.54, 1.807) is 0 Å². The van der Waals surface area contributed by atoms with Crippen molar-refractivity contribution in [1.82, 2.24) is 9.97 Å². The number of aryl methyl sites for hydroxylation is 2. The van der Waals surface area contributed by atoms with Crippen LogP contribution in [0.25, 0.3) is 0 Å². The minimum atomic E-state index is 0.745. The maximum Gasteiger partial charge on any atom is 0.226 e. The van der Waals surface area contributed by atoms with Gasteiger partial charge in [-0.15, -0.1) is 0 Å². The van der Waals surface area contributed by atoms with Gasteiger partial charge in [0, 0.05) is 57.7 Å². The molecule has 2 heterocycles. The maximum atomic E-state index is 9.08. The third-order valence-corrected chi connectivity index (χ3v) is 4.53. The molecule has 1 aromatic heterocycles. The predicted molar refractivity (Wildman–Crippen MR) is 101 cm³/mol. The summed E-state index contributed by atoms with van der Waals surface area (Å²) in [6, 6.07) is 10.3. The molecule has 3 rings (SSSR count). The highest BCUT2D eigenvalue weighted by atomic mass is 15.3. The molecular formula is C19H24N6. The molecule has 0 unspecified atom stereocenters. The second-order valence-electron chi connectivity index (χ2n) is 6.65. The zero-order valence-electron chi connectivity index (χ0n) is 15.3. The van der Waals surface area contributed by atoms with E-state index in [4.69, 9.17) is 5.26 Å². The van der Waals surface area contributed by atoms with Crippen LogP contribution in [0.1, 0.15) is 16.8 Å². The Balaban J connectivity index is 1.72. The van der Waals surface area contributed by atoms with E-state index in [2.05, 4.69) is 38.0 Å². The van der Waals surface area contributed by atoms with Gasteiger partial charge >= 0.3 is 0 Å². The number of nitriles is 1. The van der Waals surface area contributed by atoms with Gasteiger partial charge < -0.3 is 14.7 Å². The molecule has 0 spiro atoms. The first-order valence-electron chi connectivity index (χ1n) is 8.51. The molecule has 0 saturated carbocycles. The molecule has 6 heteroatoms. The Morgan fingerprint density at radius 3 is 2.28 bits per heavy atom. The van der Waals surface area contributed by atoms with Crippen LogP contribution in [0.3, 0.4) is 0 Å². The summed E-state index contributed by atoms with van der Waals surface area (Å²) in [5.74, 6) is 1.74. The van der Waals surface area contributed by atoms with Crippen molar-refractivity contribution in [3.8, 4) is 6.07 Å². The average Bonchev–Trinajstić information content (AvgIpc) is 2.61. The highest BCUT2D eigenvalue weighted by molar-refractivity contribution is 5.55. The Labute approximate surface area is 149 Å². The summed E-state index contributed by atoms with van der Waals surface area (Å²) in [6.07, 6.45) is 0. The van der Waals surface area contributed by atoms with Crippen molar-refractivity contribution in [3.05, 3.63) is 41.1 Å². The van der Waals surface area contributed by atoms with E-state index in [1.807, 2.05) is 45.0 Å².